The molecule has 5 heteroatoms. The molecule has 3 rings (SSSR count). The SMILES string of the molecule is CCNC(=NCCN1CCc2ccccc2C1)N(C)Cc1cccn1C. The second-order valence-corrected chi connectivity index (χ2v) is 7.00. The minimum atomic E-state index is 0.821. The van der Waals surface area contributed by atoms with E-state index in [9.17, 15) is 0 Å². The average Bonchev–Trinajstić information content (AvgIpc) is 3.05. The summed E-state index contributed by atoms with van der Waals surface area (Å²) in [7, 11) is 4.19. The van der Waals surface area contributed by atoms with Crippen molar-refractivity contribution in [1.29, 1.82) is 0 Å². The van der Waals surface area contributed by atoms with Crippen LogP contribution in [-0.2, 0) is 26.6 Å². The van der Waals surface area contributed by atoms with Crippen molar-refractivity contribution in [2.45, 2.75) is 26.4 Å². The fourth-order valence-electron chi connectivity index (χ4n) is 3.49. The van der Waals surface area contributed by atoms with E-state index in [4.69, 9.17) is 4.99 Å². The van der Waals surface area contributed by atoms with Crippen LogP contribution in [0.25, 0.3) is 0 Å². The molecule has 1 aromatic heterocycles. The van der Waals surface area contributed by atoms with Crippen LogP contribution in [0.15, 0.2) is 47.6 Å². The van der Waals surface area contributed by atoms with E-state index in [1.165, 1.54) is 16.8 Å². The normalized spacial score (nSPS) is 15.0. The lowest BCUT2D eigenvalue weighted by Crippen LogP contribution is -2.39. The van der Waals surface area contributed by atoms with Crippen molar-refractivity contribution in [1.82, 2.24) is 19.7 Å². The van der Waals surface area contributed by atoms with Gasteiger partial charge in [-0.3, -0.25) is 9.89 Å². The number of benzene rings is 1. The van der Waals surface area contributed by atoms with E-state index in [2.05, 4.69) is 83.3 Å². The molecule has 1 aliphatic rings. The summed E-state index contributed by atoms with van der Waals surface area (Å²) in [4.78, 5) is 9.56. The monoisotopic (exact) mass is 353 g/mol. The molecular formula is C21H31N5. The van der Waals surface area contributed by atoms with Crippen molar-refractivity contribution in [2.24, 2.45) is 12.0 Å². The lowest BCUT2D eigenvalue weighted by atomic mass is 10.00. The summed E-state index contributed by atoms with van der Waals surface area (Å²) in [6, 6.07) is 13.0. The van der Waals surface area contributed by atoms with Gasteiger partial charge in [-0.25, -0.2) is 0 Å². The van der Waals surface area contributed by atoms with Gasteiger partial charge in [-0.15, -0.1) is 0 Å². The summed E-state index contributed by atoms with van der Waals surface area (Å²) >= 11 is 0. The highest BCUT2D eigenvalue weighted by Gasteiger charge is 2.15. The van der Waals surface area contributed by atoms with Crippen LogP contribution in [0.2, 0.25) is 0 Å². The van der Waals surface area contributed by atoms with Gasteiger partial charge in [-0.2, -0.15) is 0 Å². The number of aryl methyl sites for hydroxylation is 1. The van der Waals surface area contributed by atoms with E-state index in [1.54, 1.807) is 0 Å². The Morgan fingerprint density at radius 1 is 1.19 bits per heavy atom. The molecule has 0 saturated carbocycles. The average molecular weight is 354 g/mol. The minimum absolute atomic E-state index is 0.821. The molecule has 1 N–H and O–H groups in total. The van der Waals surface area contributed by atoms with Crippen molar-refractivity contribution >= 4 is 5.96 Å². The van der Waals surface area contributed by atoms with Gasteiger partial charge in [0.05, 0.1) is 13.1 Å². The van der Waals surface area contributed by atoms with Crippen LogP contribution in [0.3, 0.4) is 0 Å². The smallest absolute Gasteiger partial charge is 0.194 e. The Hall–Kier alpha value is -2.27. The molecule has 0 spiro atoms. The highest BCUT2D eigenvalue weighted by Crippen LogP contribution is 2.17. The third kappa shape index (κ3) is 4.67. The van der Waals surface area contributed by atoms with Gasteiger partial charge < -0.3 is 14.8 Å². The Morgan fingerprint density at radius 2 is 2.00 bits per heavy atom. The lowest BCUT2D eigenvalue weighted by Gasteiger charge is -2.28. The third-order valence-electron chi connectivity index (χ3n) is 5.03. The van der Waals surface area contributed by atoms with Gasteiger partial charge in [0.2, 0.25) is 0 Å². The Kier molecular flexibility index (Phi) is 6.34. The summed E-state index contributed by atoms with van der Waals surface area (Å²) < 4.78 is 2.16. The molecule has 0 bridgehead atoms. The zero-order valence-corrected chi connectivity index (χ0v) is 16.3. The second-order valence-electron chi connectivity index (χ2n) is 7.00. The highest BCUT2D eigenvalue weighted by atomic mass is 15.3. The second kappa shape index (κ2) is 8.90. The molecule has 1 aliphatic heterocycles. The maximum absolute atomic E-state index is 4.85. The molecular weight excluding hydrogens is 322 g/mol. The minimum Gasteiger partial charge on any atom is -0.357 e. The molecule has 0 aliphatic carbocycles. The summed E-state index contributed by atoms with van der Waals surface area (Å²) in [5.41, 5.74) is 4.25. The van der Waals surface area contributed by atoms with Crippen molar-refractivity contribution in [2.75, 3.05) is 33.2 Å². The van der Waals surface area contributed by atoms with Gasteiger partial charge in [0.15, 0.2) is 5.96 Å². The van der Waals surface area contributed by atoms with Gasteiger partial charge in [0, 0.05) is 52.2 Å². The Balaban J connectivity index is 1.55. The Labute approximate surface area is 157 Å². The van der Waals surface area contributed by atoms with Crippen LogP contribution >= 0.6 is 0 Å². The van der Waals surface area contributed by atoms with E-state index in [0.29, 0.717) is 0 Å². The first-order valence-electron chi connectivity index (χ1n) is 9.56. The molecule has 1 aromatic carbocycles. The Morgan fingerprint density at radius 3 is 2.73 bits per heavy atom. The third-order valence-corrected chi connectivity index (χ3v) is 5.03. The number of rotatable bonds is 6. The molecule has 0 atom stereocenters. The van der Waals surface area contributed by atoms with Gasteiger partial charge >= 0.3 is 0 Å². The molecule has 5 nitrogen and oxygen atoms in total. The molecule has 140 valence electrons. The van der Waals surface area contributed by atoms with Gasteiger partial charge in [0.1, 0.15) is 0 Å². The largest absolute Gasteiger partial charge is 0.357 e. The zero-order chi connectivity index (χ0) is 18.4. The van der Waals surface area contributed by atoms with E-state index < -0.39 is 0 Å². The molecule has 0 saturated heterocycles. The number of hydrogen-bond acceptors (Lipinski definition) is 2. The van der Waals surface area contributed by atoms with Gasteiger partial charge in [0.25, 0.3) is 0 Å². The van der Waals surface area contributed by atoms with Crippen LogP contribution in [0.4, 0.5) is 0 Å². The predicted octanol–water partition coefficient (Wildman–Crippen LogP) is 2.48. The lowest BCUT2D eigenvalue weighted by molar-refractivity contribution is 0.261. The molecule has 2 heterocycles. The highest BCUT2D eigenvalue weighted by molar-refractivity contribution is 5.79. The number of aliphatic imine (C=N–C) groups is 1. The fraction of sp³-hybridized carbons (Fsp3) is 0.476. The van der Waals surface area contributed by atoms with Crippen LogP contribution in [0, 0.1) is 0 Å². The first kappa shape index (κ1) is 18.5. The number of guanidine groups is 1. The summed E-state index contributed by atoms with van der Waals surface area (Å²) in [6.07, 6.45) is 3.23. The van der Waals surface area contributed by atoms with E-state index >= 15 is 0 Å². The van der Waals surface area contributed by atoms with Gasteiger partial charge in [-0.1, -0.05) is 24.3 Å². The number of nitrogens with one attached hydrogen (secondary N) is 1. The van der Waals surface area contributed by atoms with Crippen LogP contribution in [0.1, 0.15) is 23.7 Å². The fourth-order valence-corrected chi connectivity index (χ4v) is 3.49. The predicted molar refractivity (Wildman–Crippen MR) is 108 cm³/mol. The van der Waals surface area contributed by atoms with E-state index in [0.717, 1.165) is 51.6 Å². The topological polar surface area (TPSA) is 35.8 Å². The Bertz CT molecular complexity index is 734. The number of hydrogen-bond donors (Lipinski definition) is 1. The van der Waals surface area contributed by atoms with Gasteiger partial charge in [-0.05, 0) is 36.6 Å². The van der Waals surface area contributed by atoms with Crippen LogP contribution < -0.4 is 5.32 Å². The maximum Gasteiger partial charge on any atom is 0.194 e. The first-order valence-corrected chi connectivity index (χ1v) is 9.56. The van der Waals surface area contributed by atoms with Crippen molar-refractivity contribution in [3.05, 3.63) is 59.4 Å². The zero-order valence-electron chi connectivity index (χ0n) is 16.3. The number of nitrogens with zero attached hydrogens (tertiary/aromatic N) is 4. The summed E-state index contributed by atoms with van der Waals surface area (Å²) in [5, 5.41) is 3.42. The quantitative estimate of drug-likeness (QED) is 0.640. The van der Waals surface area contributed by atoms with Crippen LogP contribution in [0.5, 0.6) is 0 Å². The molecule has 0 amide bonds. The van der Waals surface area contributed by atoms with E-state index in [1.807, 2.05) is 0 Å². The van der Waals surface area contributed by atoms with Crippen molar-refractivity contribution in [3.63, 3.8) is 0 Å². The summed E-state index contributed by atoms with van der Waals surface area (Å²) in [5.74, 6) is 0.978. The number of fused-ring (bicyclic) bond motifs is 1. The van der Waals surface area contributed by atoms with Crippen LogP contribution in [-0.4, -0.2) is 53.6 Å². The molecule has 0 radical (unpaired) electrons. The number of aromatic nitrogens is 1. The standard InChI is InChI=1S/C21H31N5/c1-4-22-21(25(3)17-20-10-7-13-24(20)2)23-12-15-26-14-11-18-8-5-6-9-19(18)16-26/h5-10,13H,4,11-12,14-17H2,1-3H3,(H,22,23). The molecule has 0 fully saturated rings. The molecule has 26 heavy (non-hydrogen) atoms. The molecule has 2 aromatic rings. The molecule has 0 unspecified atom stereocenters. The first-order chi connectivity index (χ1) is 12.7. The van der Waals surface area contributed by atoms with Crippen molar-refractivity contribution in [3.8, 4) is 0 Å². The summed E-state index contributed by atoms with van der Waals surface area (Å²) in [6.45, 7) is 7.85. The van der Waals surface area contributed by atoms with Crippen molar-refractivity contribution < 1.29 is 0 Å². The van der Waals surface area contributed by atoms with E-state index in [-0.39, 0.29) is 0 Å². The maximum atomic E-state index is 4.85.